The normalized spacial score (nSPS) is 17.1. The molecule has 4 heteroatoms. The van der Waals surface area contributed by atoms with E-state index < -0.39 is 11.8 Å². The summed E-state index contributed by atoms with van der Waals surface area (Å²) in [6.07, 6.45) is 1.96. The fourth-order valence-corrected chi connectivity index (χ4v) is 2.18. The summed E-state index contributed by atoms with van der Waals surface area (Å²) in [7, 11) is 0. The van der Waals surface area contributed by atoms with E-state index in [1.807, 2.05) is 0 Å². The summed E-state index contributed by atoms with van der Waals surface area (Å²) in [6, 6.07) is 4.45. The highest BCUT2D eigenvalue weighted by Gasteiger charge is 2.35. The molecule has 1 fully saturated rings. The molecule has 1 atom stereocenters. The summed E-state index contributed by atoms with van der Waals surface area (Å²) >= 11 is 5.67. The first-order valence-electron chi connectivity index (χ1n) is 5.24. The fourth-order valence-electron chi connectivity index (χ4n) is 2.02. The first-order valence-corrected chi connectivity index (χ1v) is 5.62. The van der Waals surface area contributed by atoms with Gasteiger partial charge in [0.1, 0.15) is 5.82 Å². The summed E-state index contributed by atoms with van der Waals surface area (Å²) in [5.74, 6) is -1.18. The number of hydrogen-bond acceptors (Lipinski definition) is 1. The Morgan fingerprint density at radius 3 is 2.75 bits per heavy atom. The SMILES string of the molecule is O=C(O)CC(c1ccc(Cl)cc1F)C1CC1. The van der Waals surface area contributed by atoms with Gasteiger partial charge in [0, 0.05) is 10.9 Å². The van der Waals surface area contributed by atoms with Crippen LogP contribution in [0.1, 0.15) is 30.7 Å². The van der Waals surface area contributed by atoms with Crippen molar-refractivity contribution >= 4 is 17.6 Å². The van der Waals surface area contributed by atoms with E-state index in [0.29, 0.717) is 16.5 Å². The third-order valence-electron chi connectivity index (χ3n) is 2.95. The Morgan fingerprint density at radius 1 is 1.56 bits per heavy atom. The summed E-state index contributed by atoms with van der Waals surface area (Å²) in [5.41, 5.74) is 0.481. The minimum Gasteiger partial charge on any atom is -0.481 e. The van der Waals surface area contributed by atoms with Crippen LogP contribution in [0.3, 0.4) is 0 Å². The Hall–Kier alpha value is -1.09. The molecule has 1 aromatic rings. The zero-order chi connectivity index (χ0) is 11.7. The van der Waals surface area contributed by atoms with Crippen LogP contribution < -0.4 is 0 Å². The lowest BCUT2D eigenvalue weighted by Crippen LogP contribution is -2.10. The number of carboxylic acids is 1. The maximum absolute atomic E-state index is 13.7. The van der Waals surface area contributed by atoms with E-state index in [1.165, 1.54) is 6.07 Å². The monoisotopic (exact) mass is 242 g/mol. The molecule has 1 aromatic carbocycles. The Balaban J connectivity index is 2.27. The average Bonchev–Trinajstić information content (AvgIpc) is 2.97. The maximum Gasteiger partial charge on any atom is 0.303 e. The number of halogens is 2. The van der Waals surface area contributed by atoms with Crippen molar-refractivity contribution in [3.8, 4) is 0 Å². The molecule has 2 rings (SSSR count). The molecule has 2 nitrogen and oxygen atoms in total. The Bertz CT molecular complexity index is 415. The fraction of sp³-hybridized carbons (Fsp3) is 0.417. The van der Waals surface area contributed by atoms with Crippen molar-refractivity contribution in [1.29, 1.82) is 0 Å². The van der Waals surface area contributed by atoms with Gasteiger partial charge in [0.05, 0.1) is 6.42 Å². The van der Waals surface area contributed by atoms with Crippen LogP contribution in [0.15, 0.2) is 18.2 Å². The molecule has 0 aliphatic heterocycles. The lowest BCUT2D eigenvalue weighted by Gasteiger charge is -2.15. The van der Waals surface area contributed by atoms with Gasteiger partial charge in [-0.05, 0) is 36.5 Å². The van der Waals surface area contributed by atoms with Crippen molar-refractivity contribution in [1.82, 2.24) is 0 Å². The van der Waals surface area contributed by atoms with Gasteiger partial charge in [0.2, 0.25) is 0 Å². The third kappa shape index (κ3) is 2.53. The van der Waals surface area contributed by atoms with Gasteiger partial charge < -0.3 is 5.11 Å². The average molecular weight is 243 g/mol. The molecule has 1 unspecified atom stereocenters. The predicted octanol–water partition coefficient (Wildman–Crippen LogP) is 3.45. The van der Waals surface area contributed by atoms with Crippen LogP contribution in [0, 0.1) is 11.7 Å². The highest BCUT2D eigenvalue weighted by molar-refractivity contribution is 6.30. The van der Waals surface area contributed by atoms with Crippen LogP contribution in [-0.4, -0.2) is 11.1 Å². The third-order valence-corrected chi connectivity index (χ3v) is 3.18. The van der Waals surface area contributed by atoms with Gasteiger partial charge in [-0.1, -0.05) is 17.7 Å². The van der Waals surface area contributed by atoms with E-state index in [9.17, 15) is 9.18 Å². The topological polar surface area (TPSA) is 37.3 Å². The molecular formula is C12H12ClFO2. The van der Waals surface area contributed by atoms with Crippen molar-refractivity contribution in [3.05, 3.63) is 34.6 Å². The number of carboxylic acid groups (broad SMARTS) is 1. The highest BCUT2D eigenvalue weighted by Crippen LogP contribution is 2.45. The first-order chi connectivity index (χ1) is 7.58. The molecule has 0 heterocycles. The molecular weight excluding hydrogens is 231 g/mol. The van der Waals surface area contributed by atoms with Crippen LogP contribution in [0.4, 0.5) is 4.39 Å². The minimum absolute atomic E-state index is 0.0107. The van der Waals surface area contributed by atoms with Crippen LogP contribution >= 0.6 is 11.6 Å². The summed E-state index contributed by atoms with van der Waals surface area (Å²) in [4.78, 5) is 10.7. The molecule has 0 aromatic heterocycles. The molecule has 0 radical (unpaired) electrons. The Kier molecular flexibility index (Phi) is 3.15. The number of carbonyl (C=O) groups is 1. The quantitative estimate of drug-likeness (QED) is 0.878. The van der Waals surface area contributed by atoms with E-state index in [-0.39, 0.29) is 12.3 Å². The Morgan fingerprint density at radius 2 is 2.25 bits per heavy atom. The van der Waals surface area contributed by atoms with Crippen molar-refractivity contribution in [3.63, 3.8) is 0 Å². The summed E-state index contributed by atoms with van der Waals surface area (Å²) < 4.78 is 13.7. The van der Waals surface area contributed by atoms with Gasteiger partial charge >= 0.3 is 5.97 Å². The molecule has 86 valence electrons. The number of aliphatic carboxylic acids is 1. The second kappa shape index (κ2) is 4.42. The first kappa shape index (κ1) is 11.4. The second-order valence-electron chi connectivity index (χ2n) is 4.21. The second-order valence-corrected chi connectivity index (χ2v) is 4.64. The zero-order valence-corrected chi connectivity index (χ0v) is 9.38. The van der Waals surface area contributed by atoms with Crippen molar-refractivity contribution in [2.45, 2.75) is 25.2 Å². The maximum atomic E-state index is 13.7. The van der Waals surface area contributed by atoms with E-state index in [1.54, 1.807) is 12.1 Å². The number of rotatable bonds is 4. The molecule has 0 spiro atoms. The van der Waals surface area contributed by atoms with Gasteiger partial charge in [-0.25, -0.2) is 4.39 Å². The van der Waals surface area contributed by atoms with Crippen LogP contribution in [-0.2, 0) is 4.79 Å². The summed E-state index contributed by atoms with van der Waals surface area (Å²) in [6.45, 7) is 0. The molecule has 0 amide bonds. The lowest BCUT2D eigenvalue weighted by atomic mass is 9.91. The van der Waals surface area contributed by atoms with E-state index in [2.05, 4.69) is 0 Å². The van der Waals surface area contributed by atoms with E-state index in [4.69, 9.17) is 16.7 Å². The van der Waals surface area contributed by atoms with Crippen molar-refractivity contribution < 1.29 is 14.3 Å². The zero-order valence-electron chi connectivity index (χ0n) is 8.62. The smallest absolute Gasteiger partial charge is 0.303 e. The van der Waals surface area contributed by atoms with Gasteiger partial charge in [-0.2, -0.15) is 0 Å². The molecule has 1 aliphatic rings. The molecule has 1 aliphatic carbocycles. The van der Waals surface area contributed by atoms with E-state index >= 15 is 0 Å². The molecule has 0 saturated heterocycles. The van der Waals surface area contributed by atoms with E-state index in [0.717, 1.165) is 12.8 Å². The Labute approximate surface area is 98.0 Å². The molecule has 1 N–H and O–H groups in total. The standard InChI is InChI=1S/C12H12ClFO2/c13-8-3-4-9(11(14)5-8)10(6-12(15)16)7-1-2-7/h3-5,7,10H,1-2,6H2,(H,15,16). The van der Waals surface area contributed by atoms with Crippen LogP contribution in [0.25, 0.3) is 0 Å². The minimum atomic E-state index is -0.883. The van der Waals surface area contributed by atoms with Gasteiger partial charge in [0.15, 0.2) is 0 Å². The largest absolute Gasteiger partial charge is 0.481 e. The number of benzene rings is 1. The summed E-state index contributed by atoms with van der Waals surface area (Å²) in [5, 5.41) is 9.16. The molecule has 1 saturated carbocycles. The van der Waals surface area contributed by atoms with Crippen molar-refractivity contribution in [2.24, 2.45) is 5.92 Å². The van der Waals surface area contributed by atoms with Crippen LogP contribution in [0.5, 0.6) is 0 Å². The van der Waals surface area contributed by atoms with Gasteiger partial charge in [0.25, 0.3) is 0 Å². The van der Waals surface area contributed by atoms with Crippen LogP contribution in [0.2, 0.25) is 5.02 Å². The van der Waals surface area contributed by atoms with Gasteiger partial charge in [-0.3, -0.25) is 4.79 Å². The number of hydrogen-bond donors (Lipinski definition) is 1. The molecule has 16 heavy (non-hydrogen) atoms. The predicted molar refractivity (Wildman–Crippen MR) is 59.1 cm³/mol. The highest BCUT2D eigenvalue weighted by atomic mass is 35.5. The molecule has 0 bridgehead atoms. The van der Waals surface area contributed by atoms with Crippen molar-refractivity contribution in [2.75, 3.05) is 0 Å². The van der Waals surface area contributed by atoms with Gasteiger partial charge in [-0.15, -0.1) is 0 Å². The lowest BCUT2D eigenvalue weighted by molar-refractivity contribution is -0.137.